The summed E-state index contributed by atoms with van der Waals surface area (Å²) in [5.74, 6) is -1.90. The molecule has 0 saturated carbocycles. The molecule has 0 bridgehead atoms. The number of carbonyl (C=O) groups is 1. The summed E-state index contributed by atoms with van der Waals surface area (Å²) >= 11 is 1.04. The smallest absolute Gasteiger partial charge is 0.296 e. The van der Waals surface area contributed by atoms with Gasteiger partial charge in [0.25, 0.3) is 11.5 Å². The minimum Gasteiger partial charge on any atom is -0.296 e. The van der Waals surface area contributed by atoms with Crippen LogP contribution in [0.15, 0.2) is 33.9 Å². The van der Waals surface area contributed by atoms with E-state index in [4.69, 9.17) is 0 Å². The van der Waals surface area contributed by atoms with E-state index in [1.54, 1.807) is 6.92 Å². The SMILES string of the molecule is Cc1nnc(NC(=O)c2cc(-n3c(=O)cc(C(F)(F)F)n(C)c3=O)ccc2F)s1. The summed E-state index contributed by atoms with van der Waals surface area (Å²) in [6, 6.07) is 2.94. The predicted molar refractivity (Wildman–Crippen MR) is 94.8 cm³/mol. The Balaban J connectivity index is 2.09. The molecule has 3 rings (SSSR count). The zero-order valence-electron chi connectivity index (χ0n) is 14.7. The van der Waals surface area contributed by atoms with Crippen molar-refractivity contribution in [1.29, 1.82) is 0 Å². The molecule has 0 atom stereocenters. The fraction of sp³-hybridized carbons (Fsp3) is 0.188. The van der Waals surface area contributed by atoms with Gasteiger partial charge in [0.15, 0.2) is 0 Å². The molecule has 0 radical (unpaired) electrons. The van der Waals surface area contributed by atoms with E-state index in [-0.39, 0.29) is 21.5 Å². The van der Waals surface area contributed by atoms with Crippen LogP contribution in [0.5, 0.6) is 0 Å². The van der Waals surface area contributed by atoms with E-state index < -0.39 is 40.4 Å². The number of aromatic nitrogens is 4. The summed E-state index contributed by atoms with van der Waals surface area (Å²) in [6.45, 7) is 1.64. The highest BCUT2D eigenvalue weighted by Crippen LogP contribution is 2.27. The van der Waals surface area contributed by atoms with Crippen molar-refractivity contribution in [3.05, 3.63) is 67.2 Å². The van der Waals surface area contributed by atoms with Gasteiger partial charge in [-0.05, 0) is 25.1 Å². The van der Waals surface area contributed by atoms with Crippen LogP contribution in [0.3, 0.4) is 0 Å². The van der Waals surface area contributed by atoms with Gasteiger partial charge in [-0.15, -0.1) is 10.2 Å². The van der Waals surface area contributed by atoms with Crippen molar-refractivity contribution >= 4 is 22.4 Å². The number of nitrogens with one attached hydrogen (secondary N) is 1. The lowest BCUT2D eigenvalue weighted by molar-refractivity contribution is -0.144. The molecule has 13 heteroatoms. The number of alkyl halides is 3. The quantitative estimate of drug-likeness (QED) is 0.643. The van der Waals surface area contributed by atoms with Crippen LogP contribution in [-0.4, -0.2) is 25.2 Å². The van der Waals surface area contributed by atoms with Gasteiger partial charge in [-0.2, -0.15) is 13.2 Å². The number of carbonyl (C=O) groups excluding carboxylic acids is 1. The van der Waals surface area contributed by atoms with Crippen molar-refractivity contribution in [2.24, 2.45) is 7.05 Å². The van der Waals surface area contributed by atoms with E-state index >= 15 is 0 Å². The first-order chi connectivity index (χ1) is 13.5. The van der Waals surface area contributed by atoms with E-state index in [2.05, 4.69) is 15.5 Å². The van der Waals surface area contributed by atoms with Crippen molar-refractivity contribution in [1.82, 2.24) is 19.3 Å². The molecular weight excluding hydrogens is 418 g/mol. The van der Waals surface area contributed by atoms with Crippen molar-refractivity contribution in [3.63, 3.8) is 0 Å². The second kappa shape index (κ2) is 7.24. The molecule has 0 saturated heterocycles. The van der Waals surface area contributed by atoms with Crippen LogP contribution in [-0.2, 0) is 13.2 Å². The summed E-state index contributed by atoms with van der Waals surface area (Å²) in [4.78, 5) is 36.8. The molecule has 152 valence electrons. The fourth-order valence-corrected chi connectivity index (χ4v) is 3.06. The second-order valence-corrected chi connectivity index (χ2v) is 6.97. The Hall–Kier alpha value is -3.35. The van der Waals surface area contributed by atoms with Crippen LogP contribution in [0.25, 0.3) is 5.69 Å². The lowest BCUT2D eigenvalue weighted by Crippen LogP contribution is -2.40. The van der Waals surface area contributed by atoms with Crippen LogP contribution in [0.4, 0.5) is 22.7 Å². The number of amides is 1. The van der Waals surface area contributed by atoms with Crippen LogP contribution in [0, 0.1) is 12.7 Å². The van der Waals surface area contributed by atoms with E-state index in [0.717, 1.165) is 36.6 Å². The van der Waals surface area contributed by atoms with Crippen molar-refractivity contribution < 1.29 is 22.4 Å². The second-order valence-electron chi connectivity index (χ2n) is 5.79. The minimum atomic E-state index is -4.92. The number of aryl methyl sites for hydroxylation is 1. The molecular formula is C16H11F4N5O3S. The Kier molecular flexibility index (Phi) is 5.09. The largest absolute Gasteiger partial charge is 0.431 e. The third kappa shape index (κ3) is 3.94. The predicted octanol–water partition coefficient (Wildman–Crippen LogP) is 2.11. The number of halogens is 4. The zero-order valence-corrected chi connectivity index (χ0v) is 15.6. The molecule has 0 aliphatic carbocycles. The number of hydrogen-bond donors (Lipinski definition) is 1. The van der Waals surface area contributed by atoms with E-state index in [0.29, 0.717) is 9.57 Å². The van der Waals surface area contributed by atoms with Crippen LogP contribution < -0.4 is 16.6 Å². The Labute approximate surface area is 163 Å². The van der Waals surface area contributed by atoms with Crippen LogP contribution in [0.2, 0.25) is 0 Å². The van der Waals surface area contributed by atoms with Crippen molar-refractivity contribution in [2.75, 3.05) is 5.32 Å². The summed E-state index contributed by atoms with van der Waals surface area (Å²) in [5, 5.41) is 10.3. The summed E-state index contributed by atoms with van der Waals surface area (Å²) in [5.41, 5.74) is -4.83. The number of anilines is 1. The van der Waals surface area contributed by atoms with Gasteiger partial charge >= 0.3 is 11.9 Å². The maximum atomic E-state index is 14.1. The number of benzene rings is 1. The average Bonchev–Trinajstić information content (AvgIpc) is 3.03. The summed E-state index contributed by atoms with van der Waals surface area (Å²) in [7, 11) is 0.843. The molecule has 0 spiro atoms. The Bertz CT molecular complexity index is 1230. The Morgan fingerprint density at radius 1 is 1.17 bits per heavy atom. The first-order valence-corrected chi connectivity index (χ1v) is 8.62. The standard InChI is InChI=1S/C16H11F4N5O3S/c1-7-22-23-14(29-7)21-13(27)9-5-8(3-4-10(9)17)25-12(26)6-11(16(18,19)20)24(2)15(25)28/h3-6H,1-2H3,(H,21,23,27). The third-order valence-electron chi connectivity index (χ3n) is 3.81. The van der Waals surface area contributed by atoms with Crippen LogP contribution in [0.1, 0.15) is 21.1 Å². The van der Waals surface area contributed by atoms with Gasteiger partial charge in [0.05, 0.1) is 11.3 Å². The molecule has 0 aliphatic rings. The van der Waals surface area contributed by atoms with Gasteiger partial charge in [-0.1, -0.05) is 11.3 Å². The lowest BCUT2D eigenvalue weighted by Gasteiger charge is -2.14. The van der Waals surface area contributed by atoms with Crippen LogP contribution >= 0.6 is 11.3 Å². The van der Waals surface area contributed by atoms with Gasteiger partial charge in [0.2, 0.25) is 5.13 Å². The normalized spacial score (nSPS) is 11.5. The molecule has 0 unspecified atom stereocenters. The lowest BCUT2D eigenvalue weighted by atomic mass is 10.1. The summed E-state index contributed by atoms with van der Waals surface area (Å²) in [6.07, 6.45) is -4.92. The van der Waals surface area contributed by atoms with E-state index in [1.807, 2.05) is 0 Å². The fourth-order valence-electron chi connectivity index (χ4n) is 2.47. The van der Waals surface area contributed by atoms with Crippen molar-refractivity contribution in [2.45, 2.75) is 13.1 Å². The summed E-state index contributed by atoms with van der Waals surface area (Å²) < 4.78 is 53.6. The van der Waals surface area contributed by atoms with Gasteiger partial charge in [-0.3, -0.25) is 19.5 Å². The van der Waals surface area contributed by atoms with Gasteiger partial charge in [0, 0.05) is 13.1 Å². The molecule has 1 amide bonds. The highest BCUT2D eigenvalue weighted by Gasteiger charge is 2.35. The maximum absolute atomic E-state index is 14.1. The highest BCUT2D eigenvalue weighted by atomic mass is 32.1. The van der Waals surface area contributed by atoms with E-state index in [9.17, 15) is 31.9 Å². The molecule has 8 nitrogen and oxygen atoms in total. The average molecular weight is 429 g/mol. The number of nitrogens with zero attached hydrogens (tertiary/aromatic N) is 4. The van der Waals surface area contributed by atoms with Crippen molar-refractivity contribution in [3.8, 4) is 5.69 Å². The van der Waals surface area contributed by atoms with Gasteiger partial charge in [-0.25, -0.2) is 13.8 Å². The maximum Gasteiger partial charge on any atom is 0.431 e. The Morgan fingerprint density at radius 3 is 2.45 bits per heavy atom. The van der Waals surface area contributed by atoms with E-state index in [1.165, 1.54) is 0 Å². The topological polar surface area (TPSA) is 98.9 Å². The van der Waals surface area contributed by atoms with Gasteiger partial charge in [0.1, 0.15) is 16.5 Å². The molecule has 1 aromatic carbocycles. The Morgan fingerprint density at radius 2 is 1.86 bits per heavy atom. The first-order valence-electron chi connectivity index (χ1n) is 7.80. The molecule has 2 aromatic heterocycles. The number of hydrogen-bond acceptors (Lipinski definition) is 6. The number of rotatable bonds is 3. The molecule has 1 N–H and O–H groups in total. The molecule has 0 fully saturated rings. The monoisotopic (exact) mass is 429 g/mol. The molecule has 29 heavy (non-hydrogen) atoms. The third-order valence-corrected chi connectivity index (χ3v) is 4.56. The first kappa shape index (κ1) is 20.4. The molecule has 2 heterocycles. The molecule has 0 aliphatic heterocycles. The van der Waals surface area contributed by atoms with Gasteiger partial charge < -0.3 is 0 Å². The minimum absolute atomic E-state index is 0.0971. The highest BCUT2D eigenvalue weighted by molar-refractivity contribution is 7.15. The molecule has 3 aromatic rings. The zero-order chi connectivity index (χ0) is 21.5.